The second-order valence-electron chi connectivity index (χ2n) is 2.86. The van der Waals surface area contributed by atoms with E-state index in [-0.39, 0.29) is 5.08 Å². The van der Waals surface area contributed by atoms with Crippen LogP contribution in [0, 0.1) is 0 Å². The van der Waals surface area contributed by atoms with Crippen molar-refractivity contribution in [2.24, 2.45) is 0 Å². The van der Waals surface area contributed by atoms with E-state index in [4.69, 9.17) is 0 Å². The monoisotopic (exact) mass is 233 g/mol. The highest BCUT2D eigenvalue weighted by Crippen LogP contribution is 2.06. The van der Waals surface area contributed by atoms with Gasteiger partial charge in [-0.3, -0.25) is 0 Å². The molecule has 1 atom stereocenters. The Bertz CT molecular complexity index is 413. The number of para-hydroxylation sites is 1. The van der Waals surface area contributed by atoms with Crippen molar-refractivity contribution in [2.45, 2.75) is 0 Å². The zero-order valence-corrected chi connectivity index (χ0v) is 9.27. The summed E-state index contributed by atoms with van der Waals surface area (Å²) in [6.45, 7) is 0. The quantitative estimate of drug-likeness (QED) is 0.835. The third-order valence-electron chi connectivity index (χ3n) is 1.33. The topological polar surface area (TPSA) is 63.2 Å². The van der Waals surface area contributed by atoms with Crippen LogP contribution in [0.15, 0.2) is 30.3 Å². The highest BCUT2D eigenvalue weighted by molar-refractivity contribution is 8.05. The van der Waals surface area contributed by atoms with Gasteiger partial charge in [-0.15, -0.1) is 0 Å². The minimum Gasteiger partial charge on any atom is -0.304 e. The highest BCUT2D eigenvalue weighted by atomic mass is 32.3. The Morgan fingerprint density at radius 2 is 1.86 bits per heavy atom. The normalized spacial score (nSPS) is 13.5. The predicted molar refractivity (Wildman–Crippen MR) is 57.9 cm³/mol. The molecule has 1 unspecified atom stereocenters. The van der Waals surface area contributed by atoms with Gasteiger partial charge >= 0.3 is 0 Å². The standard InChI is InChI=1S/C8H11NO3S2/c1-14(11,12)7-13(10)9-8-5-3-2-4-6-8/h2-6,9H,7H2,1H3. The third kappa shape index (κ3) is 4.38. The van der Waals surface area contributed by atoms with Crippen LogP contribution in [0.1, 0.15) is 0 Å². The van der Waals surface area contributed by atoms with E-state index in [2.05, 4.69) is 4.72 Å². The van der Waals surface area contributed by atoms with Gasteiger partial charge in [0.15, 0.2) is 9.84 Å². The van der Waals surface area contributed by atoms with Crippen molar-refractivity contribution in [1.29, 1.82) is 0 Å². The van der Waals surface area contributed by atoms with Crippen LogP contribution < -0.4 is 4.72 Å². The van der Waals surface area contributed by atoms with Gasteiger partial charge in [-0.2, -0.15) is 0 Å². The lowest BCUT2D eigenvalue weighted by molar-refractivity contribution is 0.605. The Morgan fingerprint density at radius 1 is 1.29 bits per heavy atom. The largest absolute Gasteiger partial charge is 0.304 e. The summed E-state index contributed by atoms with van der Waals surface area (Å²) in [5.41, 5.74) is 0.648. The van der Waals surface area contributed by atoms with Gasteiger partial charge in [0, 0.05) is 11.9 Å². The minimum atomic E-state index is -3.21. The molecule has 1 aromatic rings. The lowest BCUT2D eigenvalue weighted by Crippen LogP contribution is -2.15. The van der Waals surface area contributed by atoms with E-state index >= 15 is 0 Å². The SMILES string of the molecule is CS(=O)(=O)CS(=O)Nc1ccccc1. The van der Waals surface area contributed by atoms with Gasteiger partial charge in [0.2, 0.25) is 0 Å². The second-order valence-corrected chi connectivity index (χ2v) is 6.55. The number of hydrogen-bond acceptors (Lipinski definition) is 3. The van der Waals surface area contributed by atoms with E-state index in [0.29, 0.717) is 5.69 Å². The second kappa shape index (κ2) is 4.56. The number of sulfone groups is 1. The van der Waals surface area contributed by atoms with Crippen LogP contribution in [0.4, 0.5) is 5.69 Å². The van der Waals surface area contributed by atoms with Gasteiger partial charge in [0.1, 0.15) is 16.1 Å². The predicted octanol–water partition coefficient (Wildman–Crippen LogP) is 0.764. The number of rotatable bonds is 4. The molecule has 0 aliphatic heterocycles. The third-order valence-corrected chi connectivity index (χ3v) is 4.36. The molecule has 1 rings (SSSR count). The average molecular weight is 233 g/mol. The molecule has 0 saturated heterocycles. The van der Waals surface area contributed by atoms with E-state index in [9.17, 15) is 12.6 Å². The van der Waals surface area contributed by atoms with Crippen molar-refractivity contribution in [3.05, 3.63) is 30.3 Å². The van der Waals surface area contributed by atoms with E-state index in [1.807, 2.05) is 6.07 Å². The molecule has 1 aromatic carbocycles. The smallest absolute Gasteiger partial charge is 0.161 e. The van der Waals surface area contributed by atoms with Crippen LogP contribution in [0.25, 0.3) is 0 Å². The number of anilines is 1. The molecule has 6 heteroatoms. The molecule has 0 radical (unpaired) electrons. The van der Waals surface area contributed by atoms with Crippen molar-refractivity contribution in [3.63, 3.8) is 0 Å². The summed E-state index contributed by atoms with van der Waals surface area (Å²) in [6, 6.07) is 8.82. The number of hydrogen-bond donors (Lipinski definition) is 1. The van der Waals surface area contributed by atoms with Crippen molar-refractivity contribution in [2.75, 3.05) is 16.1 Å². The first-order valence-corrected chi connectivity index (χ1v) is 7.23. The summed E-state index contributed by atoms with van der Waals surface area (Å²) in [5.74, 6) is 0. The zero-order valence-electron chi connectivity index (χ0n) is 7.64. The molecule has 14 heavy (non-hydrogen) atoms. The Kier molecular flexibility index (Phi) is 3.65. The summed E-state index contributed by atoms with van der Waals surface area (Å²) < 4.78 is 35.4. The Morgan fingerprint density at radius 3 is 2.36 bits per heavy atom. The Labute approximate surface area is 85.8 Å². The summed E-state index contributed by atoms with van der Waals surface area (Å²) >= 11 is 0. The molecule has 0 aliphatic carbocycles. The molecule has 4 nitrogen and oxygen atoms in total. The van der Waals surface area contributed by atoms with Gasteiger partial charge in [-0.25, -0.2) is 12.6 Å². The molecule has 0 bridgehead atoms. The van der Waals surface area contributed by atoms with Crippen LogP contribution >= 0.6 is 0 Å². The van der Waals surface area contributed by atoms with Gasteiger partial charge < -0.3 is 4.72 Å². The summed E-state index contributed by atoms with van der Waals surface area (Å²) in [7, 11) is -4.78. The van der Waals surface area contributed by atoms with Crippen LogP contribution in [0.3, 0.4) is 0 Å². The van der Waals surface area contributed by atoms with Crippen LogP contribution in [-0.2, 0) is 20.8 Å². The Balaban J connectivity index is 2.59. The maximum Gasteiger partial charge on any atom is 0.161 e. The zero-order chi connectivity index (χ0) is 10.6. The van der Waals surface area contributed by atoms with Gasteiger partial charge in [0.05, 0.1) is 0 Å². The van der Waals surface area contributed by atoms with E-state index in [1.165, 1.54) is 0 Å². The maximum atomic E-state index is 11.2. The molecule has 0 aliphatic rings. The van der Waals surface area contributed by atoms with Gasteiger partial charge in [-0.1, -0.05) is 18.2 Å². The number of benzene rings is 1. The van der Waals surface area contributed by atoms with E-state index < -0.39 is 20.8 Å². The first-order valence-electron chi connectivity index (χ1n) is 3.85. The summed E-state index contributed by atoms with van der Waals surface area (Å²) in [5, 5.41) is -0.373. The van der Waals surface area contributed by atoms with Crippen molar-refractivity contribution >= 4 is 26.5 Å². The van der Waals surface area contributed by atoms with Gasteiger partial charge in [-0.05, 0) is 12.1 Å². The molecule has 1 N–H and O–H groups in total. The first-order chi connectivity index (χ1) is 6.47. The summed E-state index contributed by atoms with van der Waals surface area (Å²) in [4.78, 5) is 0. The fourth-order valence-corrected chi connectivity index (χ4v) is 3.05. The molecule has 0 spiro atoms. The fourth-order valence-electron chi connectivity index (χ4n) is 0.862. The molecular weight excluding hydrogens is 222 g/mol. The molecule has 0 saturated carbocycles. The Hall–Kier alpha value is -0.880. The van der Waals surface area contributed by atoms with Crippen LogP contribution in [0.2, 0.25) is 0 Å². The lowest BCUT2D eigenvalue weighted by Gasteiger charge is -2.03. The molecule has 0 aromatic heterocycles. The van der Waals surface area contributed by atoms with Gasteiger partial charge in [0.25, 0.3) is 0 Å². The minimum absolute atomic E-state index is 0.373. The lowest BCUT2D eigenvalue weighted by atomic mass is 10.3. The van der Waals surface area contributed by atoms with Crippen molar-refractivity contribution in [3.8, 4) is 0 Å². The molecule has 0 fully saturated rings. The molecular formula is C8H11NO3S2. The molecule has 0 amide bonds. The average Bonchev–Trinajstić information content (AvgIpc) is 2.02. The maximum absolute atomic E-state index is 11.2. The van der Waals surface area contributed by atoms with Crippen LogP contribution in [-0.4, -0.2) is 24.0 Å². The molecule has 0 heterocycles. The van der Waals surface area contributed by atoms with E-state index in [1.54, 1.807) is 24.3 Å². The summed E-state index contributed by atoms with van der Waals surface area (Å²) in [6.07, 6.45) is 1.05. The number of nitrogens with one attached hydrogen (secondary N) is 1. The molecule has 78 valence electrons. The van der Waals surface area contributed by atoms with Crippen LogP contribution in [0.5, 0.6) is 0 Å². The fraction of sp³-hybridized carbons (Fsp3) is 0.250. The van der Waals surface area contributed by atoms with E-state index in [0.717, 1.165) is 6.26 Å². The first kappa shape index (κ1) is 11.2. The van der Waals surface area contributed by atoms with Crippen molar-refractivity contribution in [1.82, 2.24) is 0 Å². The highest BCUT2D eigenvalue weighted by Gasteiger charge is 2.08. The van der Waals surface area contributed by atoms with Crippen molar-refractivity contribution < 1.29 is 12.6 Å².